The van der Waals surface area contributed by atoms with Gasteiger partial charge in [-0.15, -0.1) is 10.2 Å². The lowest BCUT2D eigenvalue weighted by Gasteiger charge is -2.28. The van der Waals surface area contributed by atoms with Crippen molar-refractivity contribution in [1.82, 2.24) is 24.9 Å². The molecule has 2 aromatic carbocycles. The van der Waals surface area contributed by atoms with E-state index in [-0.39, 0.29) is 0 Å². The summed E-state index contributed by atoms with van der Waals surface area (Å²) in [4.78, 5) is 6.81. The molecule has 3 heterocycles. The molecule has 8 nitrogen and oxygen atoms in total. The maximum Gasteiger partial charge on any atom is 0.237 e. The number of thioether (sulfide) groups is 1. The maximum absolute atomic E-state index is 5.51. The first-order valence-corrected chi connectivity index (χ1v) is 11.6. The third-order valence-electron chi connectivity index (χ3n) is 5.35. The van der Waals surface area contributed by atoms with E-state index in [1.807, 2.05) is 49.4 Å². The van der Waals surface area contributed by atoms with Crippen molar-refractivity contribution in [2.75, 3.05) is 31.2 Å². The SMILES string of the molecule is Cc1ccccc1-c1noc(CSc2nnc(N3CCOCC3)n2Cc2ccccc2)n1. The minimum Gasteiger partial charge on any atom is -0.378 e. The first-order chi connectivity index (χ1) is 15.8. The lowest BCUT2D eigenvalue weighted by molar-refractivity contribution is 0.121. The molecule has 164 valence electrons. The van der Waals surface area contributed by atoms with Gasteiger partial charge in [0.25, 0.3) is 0 Å². The van der Waals surface area contributed by atoms with Crippen molar-refractivity contribution in [3.8, 4) is 11.4 Å². The highest BCUT2D eigenvalue weighted by molar-refractivity contribution is 7.98. The van der Waals surface area contributed by atoms with E-state index in [9.17, 15) is 0 Å². The Hall–Kier alpha value is -3.17. The molecule has 0 bridgehead atoms. The molecule has 32 heavy (non-hydrogen) atoms. The van der Waals surface area contributed by atoms with Crippen molar-refractivity contribution in [3.05, 3.63) is 71.6 Å². The molecule has 0 spiro atoms. The van der Waals surface area contributed by atoms with Crippen LogP contribution in [0, 0.1) is 6.92 Å². The summed E-state index contributed by atoms with van der Waals surface area (Å²) in [5.41, 5.74) is 3.29. The molecule has 1 saturated heterocycles. The number of rotatable bonds is 7. The van der Waals surface area contributed by atoms with Crippen molar-refractivity contribution in [2.24, 2.45) is 0 Å². The summed E-state index contributed by atoms with van der Waals surface area (Å²) in [6.45, 7) is 5.75. The Labute approximate surface area is 190 Å². The summed E-state index contributed by atoms with van der Waals surface area (Å²) in [6, 6.07) is 18.4. The molecule has 0 saturated carbocycles. The molecule has 0 unspecified atom stereocenters. The second kappa shape index (κ2) is 9.54. The van der Waals surface area contributed by atoms with Gasteiger partial charge in [0.15, 0.2) is 5.16 Å². The Kier molecular flexibility index (Phi) is 6.17. The Morgan fingerprint density at radius 2 is 1.75 bits per heavy atom. The molecule has 0 aliphatic carbocycles. The zero-order chi connectivity index (χ0) is 21.8. The van der Waals surface area contributed by atoms with Crippen LogP contribution in [0.3, 0.4) is 0 Å². The average Bonchev–Trinajstić information content (AvgIpc) is 3.46. The van der Waals surface area contributed by atoms with Crippen LogP contribution in [0.5, 0.6) is 0 Å². The normalized spacial score (nSPS) is 14.1. The van der Waals surface area contributed by atoms with Gasteiger partial charge in [-0.1, -0.05) is 71.5 Å². The molecule has 1 aliphatic heterocycles. The van der Waals surface area contributed by atoms with Crippen molar-refractivity contribution in [3.63, 3.8) is 0 Å². The van der Waals surface area contributed by atoms with Gasteiger partial charge in [0.1, 0.15) is 0 Å². The van der Waals surface area contributed by atoms with E-state index in [1.54, 1.807) is 11.8 Å². The van der Waals surface area contributed by atoms with Gasteiger partial charge >= 0.3 is 0 Å². The highest BCUT2D eigenvalue weighted by atomic mass is 32.2. The summed E-state index contributed by atoms with van der Waals surface area (Å²) >= 11 is 1.55. The van der Waals surface area contributed by atoms with Crippen LogP contribution in [0.15, 0.2) is 64.3 Å². The monoisotopic (exact) mass is 448 g/mol. The maximum atomic E-state index is 5.51. The third kappa shape index (κ3) is 4.53. The standard InChI is InChI=1S/C23H24N6O2S/c1-17-7-5-6-10-19(17)21-24-20(31-27-21)16-32-23-26-25-22(28-11-13-30-14-12-28)29(23)15-18-8-3-2-4-9-18/h2-10H,11-16H2,1H3. The van der Waals surface area contributed by atoms with E-state index < -0.39 is 0 Å². The summed E-state index contributed by atoms with van der Waals surface area (Å²) in [7, 11) is 0. The van der Waals surface area contributed by atoms with E-state index >= 15 is 0 Å². The van der Waals surface area contributed by atoms with E-state index in [4.69, 9.17) is 9.26 Å². The molecule has 0 atom stereocenters. The fourth-order valence-electron chi connectivity index (χ4n) is 3.66. The molecule has 0 radical (unpaired) electrons. The van der Waals surface area contributed by atoms with E-state index in [0.29, 0.717) is 37.2 Å². The number of anilines is 1. The van der Waals surface area contributed by atoms with Crippen LogP contribution < -0.4 is 4.90 Å². The Morgan fingerprint density at radius 3 is 2.56 bits per heavy atom. The zero-order valence-electron chi connectivity index (χ0n) is 17.8. The van der Waals surface area contributed by atoms with Crippen LogP contribution in [0.4, 0.5) is 5.95 Å². The smallest absolute Gasteiger partial charge is 0.237 e. The number of hydrogen-bond donors (Lipinski definition) is 0. The quantitative estimate of drug-likeness (QED) is 0.395. The molecule has 9 heteroatoms. The fraction of sp³-hybridized carbons (Fsp3) is 0.304. The molecule has 0 N–H and O–H groups in total. The topological polar surface area (TPSA) is 82.1 Å². The van der Waals surface area contributed by atoms with Gasteiger partial charge in [-0.25, -0.2) is 0 Å². The van der Waals surface area contributed by atoms with E-state index in [2.05, 4.69) is 41.9 Å². The molecule has 0 amide bonds. The third-order valence-corrected chi connectivity index (χ3v) is 6.31. The van der Waals surface area contributed by atoms with Crippen molar-refractivity contribution in [1.29, 1.82) is 0 Å². The molecule has 1 aliphatic rings. The minimum atomic E-state index is 0.523. The van der Waals surface area contributed by atoms with Gasteiger partial charge in [0.2, 0.25) is 17.7 Å². The van der Waals surface area contributed by atoms with Crippen LogP contribution >= 0.6 is 11.8 Å². The Morgan fingerprint density at radius 1 is 0.969 bits per heavy atom. The molecular formula is C23H24N6O2S. The number of hydrogen-bond acceptors (Lipinski definition) is 8. The zero-order valence-corrected chi connectivity index (χ0v) is 18.7. The van der Waals surface area contributed by atoms with Gasteiger partial charge in [-0.3, -0.25) is 4.57 Å². The Balaban J connectivity index is 1.36. The highest BCUT2D eigenvalue weighted by Crippen LogP contribution is 2.27. The second-order valence-electron chi connectivity index (χ2n) is 7.57. The molecule has 4 aromatic rings. The van der Waals surface area contributed by atoms with Crippen LogP contribution in [0.2, 0.25) is 0 Å². The summed E-state index contributed by atoms with van der Waals surface area (Å²) < 4.78 is 13.2. The van der Waals surface area contributed by atoms with Gasteiger partial charge in [0, 0.05) is 18.7 Å². The van der Waals surface area contributed by atoms with Crippen molar-refractivity contribution < 1.29 is 9.26 Å². The van der Waals surface area contributed by atoms with Crippen LogP contribution in [-0.4, -0.2) is 51.2 Å². The number of benzene rings is 2. The average molecular weight is 449 g/mol. The second-order valence-corrected chi connectivity index (χ2v) is 8.51. The summed E-state index contributed by atoms with van der Waals surface area (Å²) in [6.07, 6.45) is 0. The Bertz CT molecular complexity index is 1170. The van der Waals surface area contributed by atoms with Crippen LogP contribution in [0.25, 0.3) is 11.4 Å². The predicted octanol–water partition coefficient (Wildman–Crippen LogP) is 3.81. The van der Waals surface area contributed by atoms with Gasteiger partial charge in [0.05, 0.1) is 25.5 Å². The first-order valence-electron chi connectivity index (χ1n) is 10.6. The number of nitrogens with zero attached hydrogens (tertiary/aromatic N) is 6. The van der Waals surface area contributed by atoms with Crippen LogP contribution in [-0.2, 0) is 17.0 Å². The number of aromatic nitrogens is 5. The van der Waals surface area contributed by atoms with Crippen molar-refractivity contribution >= 4 is 17.7 Å². The van der Waals surface area contributed by atoms with Gasteiger partial charge in [-0.05, 0) is 18.1 Å². The van der Waals surface area contributed by atoms with E-state index in [1.165, 1.54) is 5.56 Å². The van der Waals surface area contributed by atoms with Crippen LogP contribution in [0.1, 0.15) is 17.0 Å². The van der Waals surface area contributed by atoms with Crippen molar-refractivity contribution in [2.45, 2.75) is 24.4 Å². The van der Waals surface area contributed by atoms with E-state index in [0.717, 1.165) is 35.3 Å². The van der Waals surface area contributed by atoms with Gasteiger partial charge < -0.3 is 14.2 Å². The summed E-state index contributed by atoms with van der Waals surface area (Å²) in [5.74, 6) is 2.56. The minimum absolute atomic E-state index is 0.523. The molecular weight excluding hydrogens is 424 g/mol. The molecule has 2 aromatic heterocycles. The number of aryl methyl sites for hydroxylation is 1. The molecule has 5 rings (SSSR count). The largest absolute Gasteiger partial charge is 0.378 e. The van der Waals surface area contributed by atoms with Gasteiger partial charge in [-0.2, -0.15) is 4.98 Å². The first kappa shape index (κ1) is 20.7. The molecule has 1 fully saturated rings. The number of ether oxygens (including phenoxy) is 1. The fourth-order valence-corrected chi connectivity index (χ4v) is 4.43. The number of morpholine rings is 1. The highest BCUT2D eigenvalue weighted by Gasteiger charge is 2.21. The summed E-state index contributed by atoms with van der Waals surface area (Å²) in [5, 5.41) is 14.0. The lowest BCUT2D eigenvalue weighted by Crippen LogP contribution is -2.38. The lowest BCUT2D eigenvalue weighted by atomic mass is 10.1. The predicted molar refractivity (Wildman–Crippen MR) is 123 cm³/mol.